The number of hydrogen-bond donors (Lipinski definition) is 0. The van der Waals surface area contributed by atoms with Gasteiger partial charge in [0.25, 0.3) is 0 Å². The predicted octanol–water partition coefficient (Wildman–Crippen LogP) is 1.34. The van der Waals surface area contributed by atoms with Gasteiger partial charge in [0.15, 0.2) is 0 Å². The maximum atomic E-state index is 2.22. The summed E-state index contributed by atoms with van der Waals surface area (Å²) < 4.78 is 0. The summed E-state index contributed by atoms with van der Waals surface area (Å²) in [5.74, 6) is 0. The molecule has 0 saturated carbocycles. The van der Waals surface area contributed by atoms with Crippen LogP contribution in [0.4, 0.5) is 0 Å². The Hall–Kier alpha value is 1.60. The summed E-state index contributed by atoms with van der Waals surface area (Å²) in [6, 6.07) is 0. The van der Waals surface area contributed by atoms with Crippen molar-refractivity contribution in [2.45, 2.75) is 55.9 Å². The fraction of sp³-hybridized carbons (Fsp3) is 1.00. The van der Waals surface area contributed by atoms with Crippen molar-refractivity contribution in [3.8, 4) is 0 Å². The SMILES string of the molecule is CC[CH2][AlH2].CC[CH2][AlH2].CC[CH2][AlH2]. The summed E-state index contributed by atoms with van der Waals surface area (Å²) in [5.41, 5.74) is 0. The monoisotopic (exact) mass is 216 g/mol. The van der Waals surface area contributed by atoms with E-state index < -0.39 is 0 Å². The van der Waals surface area contributed by atoms with Gasteiger partial charge in [0.1, 0.15) is 0 Å². The largest absolute Gasteiger partial charge is 0.211 e. The molecule has 0 aromatic rings. The molecule has 0 radical (unpaired) electrons. The second-order valence-corrected chi connectivity index (χ2v) is 6.00. The molecule has 0 rings (SSSR count). The normalized spacial score (nSPS) is 7.25. The third kappa shape index (κ3) is 61.6. The molecule has 0 aliphatic rings. The molecule has 0 aromatic heterocycles. The highest BCUT2D eigenvalue weighted by atomic mass is 27.1. The second-order valence-electron chi connectivity index (χ2n) is 3.00. The first kappa shape index (κ1) is 19.2. The Bertz CT molecular complexity index is 25.2. The third-order valence-corrected chi connectivity index (χ3v) is 4.50. The Balaban J connectivity index is -0.000000101. The van der Waals surface area contributed by atoms with Crippen LogP contribution in [-0.2, 0) is 0 Å². The van der Waals surface area contributed by atoms with E-state index in [1.165, 1.54) is 84.0 Å². The maximum absolute atomic E-state index is 2.22. The van der Waals surface area contributed by atoms with Crippen molar-refractivity contribution in [2.75, 3.05) is 0 Å². The maximum Gasteiger partial charge on any atom is 0.211 e. The fourth-order valence-electron chi connectivity index (χ4n) is 0. The van der Waals surface area contributed by atoms with Gasteiger partial charge in [-0.15, -0.1) is 15.8 Å². The van der Waals surface area contributed by atoms with Gasteiger partial charge < -0.3 is 0 Å². The molecule has 0 aromatic carbocycles. The van der Waals surface area contributed by atoms with Crippen molar-refractivity contribution in [1.29, 1.82) is 0 Å². The second kappa shape index (κ2) is 29.4. The summed E-state index contributed by atoms with van der Waals surface area (Å²) in [7, 11) is 0. The quantitative estimate of drug-likeness (QED) is 0.625. The lowest BCUT2D eigenvalue weighted by Crippen LogP contribution is -1.55. The van der Waals surface area contributed by atoms with Gasteiger partial charge >= 0.3 is 0 Å². The Labute approximate surface area is 104 Å². The van der Waals surface area contributed by atoms with Crippen molar-refractivity contribution in [1.82, 2.24) is 0 Å². The zero-order valence-electron chi connectivity index (χ0n) is 10.2. The summed E-state index contributed by atoms with van der Waals surface area (Å²) in [6.07, 6.45) is 4.14. The van der Waals surface area contributed by atoms with E-state index in [9.17, 15) is 0 Å². The van der Waals surface area contributed by atoms with Crippen LogP contribution in [0.25, 0.3) is 0 Å². The molecule has 0 atom stereocenters. The van der Waals surface area contributed by atoms with Crippen molar-refractivity contribution in [3.05, 3.63) is 0 Å². The van der Waals surface area contributed by atoms with E-state index in [1.54, 1.807) is 0 Å². The van der Waals surface area contributed by atoms with E-state index in [0.717, 1.165) is 0 Å². The van der Waals surface area contributed by atoms with E-state index in [4.69, 9.17) is 0 Å². The zero-order chi connectivity index (χ0) is 10.2. The Morgan fingerprint density at radius 1 is 0.583 bits per heavy atom. The van der Waals surface area contributed by atoms with Crippen LogP contribution in [0.15, 0.2) is 0 Å². The Morgan fingerprint density at radius 3 is 0.667 bits per heavy atom. The lowest BCUT2D eigenvalue weighted by molar-refractivity contribution is 1.08. The standard InChI is InChI=1S/3C3H7.3Al.6H/c3*1-3-2;;;;;;;;;/h3*1,3H2,2H3;;;;;;;;;. The third-order valence-electron chi connectivity index (χ3n) is 1.50. The van der Waals surface area contributed by atoms with Crippen LogP contribution >= 0.6 is 0 Å². The van der Waals surface area contributed by atoms with Gasteiger partial charge in [0.05, 0.1) is 0 Å². The number of rotatable bonds is 3. The van der Waals surface area contributed by atoms with Crippen LogP contribution in [-0.4, -0.2) is 48.9 Å². The summed E-state index contributed by atoms with van der Waals surface area (Å²) in [6.45, 7) is 6.65. The average Bonchev–Trinajstić information content (AvgIpc) is 2.18. The molecule has 0 bridgehead atoms. The molecule has 0 unspecified atom stereocenters. The number of hydrogen-bond acceptors (Lipinski definition) is 0. The van der Waals surface area contributed by atoms with Gasteiger partial charge in [-0.3, -0.25) is 0 Å². The topological polar surface area (TPSA) is 0 Å². The molecule has 0 N–H and O–H groups in total. The molecule has 12 heavy (non-hydrogen) atoms. The fourth-order valence-corrected chi connectivity index (χ4v) is 0. The van der Waals surface area contributed by atoms with Crippen LogP contribution in [0.5, 0.6) is 0 Å². The highest BCUT2D eigenvalue weighted by Gasteiger charge is 1.59. The summed E-state index contributed by atoms with van der Waals surface area (Å²) in [4.78, 5) is 0. The molecule has 0 spiro atoms. The Morgan fingerprint density at radius 2 is 0.667 bits per heavy atom. The van der Waals surface area contributed by atoms with Gasteiger partial charge in [0, 0.05) is 0 Å². The van der Waals surface area contributed by atoms with Gasteiger partial charge in [-0.1, -0.05) is 40.0 Å². The first-order chi connectivity index (χ1) is 5.74. The van der Waals surface area contributed by atoms with Gasteiger partial charge in [-0.2, -0.15) is 0 Å². The predicted molar refractivity (Wildman–Crippen MR) is 70.9 cm³/mol. The molecule has 0 fully saturated rings. The van der Waals surface area contributed by atoms with E-state index in [0.29, 0.717) is 0 Å². The minimum Gasteiger partial charge on any atom is -0.101 e. The molecule has 0 amide bonds. The van der Waals surface area contributed by atoms with Gasteiger partial charge in [0.2, 0.25) is 48.9 Å². The van der Waals surface area contributed by atoms with Crippen LogP contribution in [0, 0.1) is 0 Å². The van der Waals surface area contributed by atoms with Crippen LogP contribution in [0.1, 0.15) is 40.0 Å². The molecular formula is C9H27Al3. The van der Waals surface area contributed by atoms with Crippen molar-refractivity contribution in [3.63, 3.8) is 0 Å². The summed E-state index contributed by atoms with van der Waals surface area (Å²) in [5, 5.41) is 4.38. The minimum absolute atomic E-state index is 1.38. The van der Waals surface area contributed by atoms with Crippen molar-refractivity contribution >= 4 is 48.9 Å². The van der Waals surface area contributed by atoms with E-state index in [1.807, 2.05) is 0 Å². The highest BCUT2D eigenvalue weighted by Crippen LogP contribution is 1.74. The molecule has 72 valence electrons. The van der Waals surface area contributed by atoms with Gasteiger partial charge in [-0.25, -0.2) is 0 Å². The molecule has 0 aliphatic carbocycles. The minimum atomic E-state index is 1.38. The van der Waals surface area contributed by atoms with Crippen molar-refractivity contribution < 1.29 is 0 Å². The molecule has 0 nitrogen and oxygen atoms in total. The molecule has 0 aliphatic heterocycles. The van der Waals surface area contributed by atoms with Gasteiger partial charge in [-0.05, 0) is 0 Å². The van der Waals surface area contributed by atoms with Crippen LogP contribution < -0.4 is 0 Å². The van der Waals surface area contributed by atoms with E-state index >= 15 is 0 Å². The van der Waals surface area contributed by atoms with E-state index in [-0.39, 0.29) is 0 Å². The smallest absolute Gasteiger partial charge is 0.101 e. The molecule has 0 heterocycles. The molecular weight excluding hydrogens is 189 g/mol. The molecule has 0 saturated heterocycles. The van der Waals surface area contributed by atoms with E-state index in [2.05, 4.69) is 20.8 Å². The average molecular weight is 216 g/mol. The first-order valence-corrected chi connectivity index (χ1v) is 9.99. The summed E-state index contributed by atoms with van der Waals surface area (Å²) >= 11 is 4.17. The lowest BCUT2D eigenvalue weighted by atomic mass is 10.6. The first-order valence-electron chi connectivity index (χ1n) is 5.74. The zero-order valence-corrected chi connectivity index (χ0v) is 16.2. The Kier molecular flexibility index (Phi) is 47.0. The molecule has 3 heteroatoms. The van der Waals surface area contributed by atoms with Crippen LogP contribution in [0.2, 0.25) is 15.8 Å². The highest BCUT2D eigenvalue weighted by molar-refractivity contribution is 6.08. The van der Waals surface area contributed by atoms with Crippen molar-refractivity contribution in [2.24, 2.45) is 0 Å². The van der Waals surface area contributed by atoms with Crippen LogP contribution in [0.3, 0.4) is 0 Å². The lowest BCUT2D eigenvalue weighted by Gasteiger charge is -1.66.